The first-order valence-corrected chi connectivity index (χ1v) is 24.3. The SMILES string of the molecule is CCCCCCCCCCCCCCCCCCCCCCCCCCCCC[CH2][Ge]([CH3])([CH3])[CH3]. The van der Waals surface area contributed by atoms with Crippen molar-refractivity contribution in [2.45, 2.75) is 209 Å². The number of rotatable bonds is 29. The van der Waals surface area contributed by atoms with E-state index in [4.69, 9.17) is 0 Å². The molecule has 0 fully saturated rings. The molecule has 0 aromatic heterocycles. The molecule has 0 atom stereocenters. The van der Waals surface area contributed by atoms with Crippen molar-refractivity contribution in [2.24, 2.45) is 0 Å². The Hall–Kier alpha value is 0.543. The Kier molecular flexibility index (Phi) is 28.6. The molecule has 0 spiro atoms. The monoisotopic (exact) mass is 540 g/mol. The Morgan fingerprint density at radius 2 is 0.441 bits per heavy atom. The zero-order valence-electron chi connectivity index (χ0n) is 25.0. The van der Waals surface area contributed by atoms with Crippen LogP contribution < -0.4 is 0 Å². The van der Waals surface area contributed by atoms with E-state index >= 15 is 0 Å². The Morgan fingerprint density at radius 3 is 0.618 bits per heavy atom. The molecule has 0 amide bonds. The normalized spacial score (nSPS) is 12.0. The van der Waals surface area contributed by atoms with Crippen molar-refractivity contribution in [1.29, 1.82) is 0 Å². The molecule has 0 rings (SSSR count). The first kappa shape index (κ1) is 34.5. The van der Waals surface area contributed by atoms with Gasteiger partial charge in [-0.25, -0.2) is 0 Å². The molecule has 0 nitrogen and oxygen atoms in total. The molecule has 0 aromatic carbocycles. The zero-order valence-corrected chi connectivity index (χ0v) is 27.1. The van der Waals surface area contributed by atoms with Crippen molar-refractivity contribution in [3.63, 3.8) is 0 Å². The van der Waals surface area contributed by atoms with Crippen molar-refractivity contribution in [2.75, 3.05) is 0 Å². The fraction of sp³-hybridized carbons (Fsp3) is 1.00. The summed E-state index contributed by atoms with van der Waals surface area (Å²) < 4.78 is 0. The predicted octanol–water partition coefficient (Wildman–Crippen LogP) is 13.3. The van der Waals surface area contributed by atoms with Gasteiger partial charge < -0.3 is 0 Å². The van der Waals surface area contributed by atoms with Crippen LogP contribution in [0.2, 0.25) is 22.5 Å². The summed E-state index contributed by atoms with van der Waals surface area (Å²) in [6.45, 7) is 2.31. The minimum absolute atomic E-state index is 1.24. The van der Waals surface area contributed by atoms with Gasteiger partial charge in [0.15, 0.2) is 0 Å². The first-order chi connectivity index (χ1) is 16.6. The van der Waals surface area contributed by atoms with E-state index in [0.29, 0.717) is 0 Å². The molecular weight excluding hydrogens is 469 g/mol. The standard InChI is InChI=1S/C33H70Ge/c1-5-6-7-8-9-10-11-12-13-14-15-16-17-18-19-20-21-22-23-24-25-26-27-28-29-30-31-32-33-34(2,3)4/h5-33H2,1-4H3. The van der Waals surface area contributed by atoms with Crippen LogP contribution in [0.5, 0.6) is 0 Å². The summed E-state index contributed by atoms with van der Waals surface area (Å²) in [7, 11) is 0. The van der Waals surface area contributed by atoms with E-state index in [-0.39, 0.29) is 0 Å². The topological polar surface area (TPSA) is 0 Å². The Balaban J connectivity index is 3.03. The molecule has 0 bridgehead atoms. The predicted molar refractivity (Wildman–Crippen MR) is 163 cm³/mol. The molecular formula is C33H70Ge. The van der Waals surface area contributed by atoms with E-state index in [0.717, 1.165) is 0 Å². The molecule has 0 aliphatic heterocycles. The van der Waals surface area contributed by atoms with Crippen molar-refractivity contribution in [1.82, 2.24) is 0 Å². The van der Waals surface area contributed by atoms with Crippen molar-refractivity contribution >= 4 is 13.3 Å². The van der Waals surface area contributed by atoms with E-state index < -0.39 is 13.3 Å². The van der Waals surface area contributed by atoms with Gasteiger partial charge in [0.2, 0.25) is 0 Å². The average Bonchev–Trinajstić information content (AvgIpc) is 2.80. The molecule has 0 aliphatic rings. The molecule has 34 heavy (non-hydrogen) atoms. The third-order valence-corrected chi connectivity index (χ3v) is 11.7. The molecule has 0 saturated carbocycles. The number of hydrogen-bond acceptors (Lipinski definition) is 0. The third kappa shape index (κ3) is 32.5. The van der Waals surface area contributed by atoms with Crippen LogP contribution in [-0.2, 0) is 0 Å². The van der Waals surface area contributed by atoms with E-state index in [1.54, 1.807) is 5.25 Å². The van der Waals surface area contributed by atoms with Crippen LogP contribution in [0.15, 0.2) is 0 Å². The fourth-order valence-electron chi connectivity index (χ4n) is 5.32. The number of unbranched alkanes of at least 4 members (excludes halogenated alkanes) is 27. The second-order valence-electron chi connectivity index (χ2n) is 12.9. The van der Waals surface area contributed by atoms with Crippen LogP contribution in [0.3, 0.4) is 0 Å². The quantitative estimate of drug-likeness (QED) is 0.0655. The molecule has 0 aromatic rings. The molecule has 0 N–H and O–H groups in total. The van der Waals surface area contributed by atoms with E-state index in [2.05, 4.69) is 24.2 Å². The van der Waals surface area contributed by atoms with Crippen LogP contribution >= 0.6 is 0 Å². The fourth-order valence-corrected chi connectivity index (χ4v) is 8.07. The van der Waals surface area contributed by atoms with Crippen LogP contribution in [0.1, 0.15) is 187 Å². The summed E-state index contributed by atoms with van der Waals surface area (Å²) in [4.78, 5) is 0. The van der Waals surface area contributed by atoms with Gasteiger partial charge in [0, 0.05) is 0 Å². The Bertz CT molecular complexity index is 356. The van der Waals surface area contributed by atoms with Crippen LogP contribution in [-0.4, -0.2) is 13.3 Å². The van der Waals surface area contributed by atoms with E-state index in [1.807, 2.05) is 0 Å². The van der Waals surface area contributed by atoms with Gasteiger partial charge in [-0.1, -0.05) is 116 Å². The molecule has 0 aliphatic carbocycles. The van der Waals surface area contributed by atoms with Crippen molar-refractivity contribution in [3.05, 3.63) is 0 Å². The summed E-state index contributed by atoms with van der Waals surface area (Å²) in [6.07, 6.45) is 41.7. The number of hydrogen-bond donors (Lipinski definition) is 0. The van der Waals surface area contributed by atoms with Gasteiger partial charge in [-0.05, 0) is 0 Å². The maximum atomic E-state index is 2.56. The van der Waals surface area contributed by atoms with Gasteiger partial charge in [0.1, 0.15) is 0 Å². The van der Waals surface area contributed by atoms with E-state index in [1.165, 1.54) is 180 Å². The van der Waals surface area contributed by atoms with Crippen molar-refractivity contribution < 1.29 is 0 Å². The van der Waals surface area contributed by atoms with Crippen LogP contribution in [0.4, 0.5) is 0 Å². The summed E-state index contributed by atoms with van der Waals surface area (Å²) in [5.74, 6) is 7.67. The second kappa shape index (κ2) is 28.1. The molecule has 1 heteroatoms. The molecule has 0 saturated heterocycles. The summed E-state index contributed by atoms with van der Waals surface area (Å²) in [5, 5.41) is 1.58. The third-order valence-electron chi connectivity index (χ3n) is 7.78. The van der Waals surface area contributed by atoms with Gasteiger partial charge in [0.25, 0.3) is 0 Å². The van der Waals surface area contributed by atoms with Crippen LogP contribution in [0, 0.1) is 0 Å². The van der Waals surface area contributed by atoms with Crippen LogP contribution in [0.25, 0.3) is 0 Å². The Morgan fingerprint density at radius 1 is 0.265 bits per heavy atom. The minimum atomic E-state index is -1.24. The van der Waals surface area contributed by atoms with Gasteiger partial charge in [0.05, 0.1) is 0 Å². The maximum absolute atomic E-state index is 2.56. The summed E-state index contributed by atoms with van der Waals surface area (Å²) in [5.41, 5.74) is 0. The zero-order chi connectivity index (χ0) is 25.0. The first-order valence-electron chi connectivity index (χ1n) is 16.6. The molecule has 0 unspecified atom stereocenters. The average molecular weight is 540 g/mol. The molecule has 0 radical (unpaired) electrons. The molecule has 206 valence electrons. The Labute approximate surface area is 222 Å². The van der Waals surface area contributed by atoms with Gasteiger partial charge in [-0.2, -0.15) is 0 Å². The second-order valence-corrected chi connectivity index (χ2v) is 24.7. The van der Waals surface area contributed by atoms with E-state index in [9.17, 15) is 0 Å². The van der Waals surface area contributed by atoms with Gasteiger partial charge >= 0.3 is 106 Å². The van der Waals surface area contributed by atoms with Gasteiger partial charge in [-0.15, -0.1) is 0 Å². The van der Waals surface area contributed by atoms with Gasteiger partial charge in [-0.3, -0.25) is 0 Å². The summed E-state index contributed by atoms with van der Waals surface area (Å²) in [6, 6.07) is 0. The molecule has 0 heterocycles. The summed E-state index contributed by atoms with van der Waals surface area (Å²) >= 11 is -1.24. The van der Waals surface area contributed by atoms with Crippen molar-refractivity contribution in [3.8, 4) is 0 Å².